The minimum absolute atomic E-state index is 0.109. The molecule has 0 unspecified atom stereocenters. The van der Waals surface area contributed by atoms with E-state index >= 15 is 0 Å². The van der Waals surface area contributed by atoms with E-state index in [1.54, 1.807) is 34.0 Å². The summed E-state index contributed by atoms with van der Waals surface area (Å²) in [7, 11) is 1.85. The van der Waals surface area contributed by atoms with Gasteiger partial charge in [0.25, 0.3) is 5.91 Å². The Labute approximate surface area is 178 Å². The molecule has 1 aromatic heterocycles. The molecule has 2 aromatic carbocycles. The molecule has 30 heavy (non-hydrogen) atoms. The molecule has 0 fully saturated rings. The van der Waals surface area contributed by atoms with Crippen LogP contribution in [0.4, 0.5) is 22.0 Å². The van der Waals surface area contributed by atoms with Gasteiger partial charge in [-0.2, -0.15) is 5.10 Å². The molecule has 0 radical (unpaired) electrons. The molecular weight excluding hydrogens is 406 g/mol. The molecule has 3 N–H and O–H groups in total. The molecule has 0 saturated heterocycles. The van der Waals surface area contributed by atoms with Crippen LogP contribution in [-0.4, -0.2) is 26.9 Å². The van der Waals surface area contributed by atoms with Crippen molar-refractivity contribution >= 4 is 40.8 Å². The highest BCUT2D eigenvalue weighted by atomic mass is 35.5. The smallest absolute Gasteiger partial charge is 0.404 e. The number of hydrogen-bond acceptors (Lipinski definition) is 4. The zero-order valence-electron chi connectivity index (χ0n) is 16.4. The zero-order chi connectivity index (χ0) is 21.4. The fraction of sp³-hybridized carbons (Fsp3) is 0.190. The van der Waals surface area contributed by atoms with Crippen LogP contribution in [0.1, 0.15) is 27.0 Å². The highest BCUT2D eigenvalue weighted by Crippen LogP contribution is 2.37. The van der Waals surface area contributed by atoms with Crippen molar-refractivity contribution in [3.63, 3.8) is 0 Å². The Hall–Kier alpha value is -3.52. The van der Waals surface area contributed by atoms with Crippen LogP contribution in [0.2, 0.25) is 5.02 Å². The van der Waals surface area contributed by atoms with Gasteiger partial charge in [-0.3, -0.25) is 9.48 Å². The molecule has 3 aromatic rings. The predicted octanol–water partition coefficient (Wildman–Crippen LogP) is 4.05. The highest BCUT2D eigenvalue weighted by Gasteiger charge is 2.28. The summed E-state index contributed by atoms with van der Waals surface area (Å²) in [5.74, 6) is 0.583. The van der Waals surface area contributed by atoms with Gasteiger partial charge >= 0.3 is 6.09 Å². The second-order valence-corrected chi connectivity index (χ2v) is 7.56. The molecule has 2 amide bonds. The molecule has 1 aliphatic rings. The van der Waals surface area contributed by atoms with Gasteiger partial charge in [-0.25, -0.2) is 4.79 Å². The first kappa shape index (κ1) is 19.8. The molecule has 0 aliphatic carbocycles. The normalized spacial score (nSPS) is 12.4. The van der Waals surface area contributed by atoms with Crippen LogP contribution >= 0.6 is 11.6 Å². The molecule has 4 rings (SSSR count). The fourth-order valence-corrected chi connectivity index (χ4v) is 3.76. The van der Waals surface area contributed by atoms with E-state index in [1.807, 2.05) is 32.2 Å². The number of carbonyl (C=O) groups excluding carboxylic acids is 1. The summed E-state index contributed by atoms with van der Waals surface area (Å²) in [4.78, 5) is 25.9. The van der Waals surface area contributed by atoms with Gasteiger partial charge in [0.05, 0.1) is 34.7 Å². The van der Waals surface area contributed by atoms with Crippen LogP contribution in [0, 0.1) is 6.92 Å². The number of nitrogens with one attached hydrogen (secondary N) is 2. The van der Waals surface area contributed by atoms with Gasteiger partial charge in [-0.1, -0.05) is 23.7 Å². The third kappa shape index (κ3) is 3.69. The quantitative estimate of drug-likeness (QED) is 0.587. The Balaban J connectivity index is 1.72. The van der Waals surface area contributed by atoms with E-state index in [1.165, 1.54) is 0 Å². The Morgan fingerprint density at radius 3 is 2.80 bits per heavy atom. The number of fused-ring (bicyclic) bond motifs is 2. The van der Waals surface area contributed by atoms with Crippen molar-refractivity contribution in [2.75, 3.05) is 10.2 Å². The number of rotatable bonds is 3. The van der Waals surface area contributed by atoms with Crippen molar-refractivity contribution in [2.24, 2.45) is 7.05 Å². The van der Waals surface area contributed by atoms with E-state index in [-0.39, 0.29) is 17.5 Å². The lowest BCUT2D eigenvalue weighted by molar-refractivity contribution is 0.0985. The summed E-state index contributed by atoms with van der Waals surface area (Å²) in [6, 6.07) is 10.8. The molecular formula is C21H20ClN5O3. The van der Waals surface area contributed by atoms with Crippen molar-refractivity contribution in [1.29, 1.82) is 0 Å². The van der Waals surface area contributed by atoms with Crippen LogP contribution in [0.15, 0.2) is 42.6 Å². The Bertz CT molecular complexity index is 1160. The van der Waals surface area contributed by atoms with E-state index in [4.69, 9.17) is 16.7 Å². The lowest BCUT2D eigenvalue weighted by Crippen LogP contribution is -2.30. The standard InChI is InChI=1S/C21H20ClN5O3/c1-12-3-6-18-17(7-12)25-19-14(10-24-26(19)2)11-27(18)20(28)15-5-4-13(8-16(15)22)9-23-21(29)30/h3-8,10,23,25H,9,11H2,1-2H3,(H,29,30). The largest absolute Gasteiger partial charge is 0.465 e. The lowest BCUT2D eigenvalue weighted by Gasteiger charge is -2.23. The van der Waals surface area contributed by atoms with Gasteiger partial charge in [0.15, 0.2) is 0 Å². The molecule has 9 heteroatoms. The second-order valence-electron chi connectivity index (χ2n) is 7.15. The average Bonchev–Trinajstić information content (AvgIpc) is 2.95. The number of anilines is 3. The topological polar surface area (TPSA) is 99.5 Å². The van der Waals surface area contributed by atoms with Gasteiger partial charge in [0.1, 0.15) is 5.82 Å². The van der Waals surface area contributed by atoms with Crippen LogP contribution in [-0.2, 0) is 20.1 Å². The van der Waals surface area contributed by atoms with Gasteiger partial charge in [0.2, 0.25) is 0 Å². The molecule has 0 spiro atoms. The Morgan fingerprint density at radius 1 is 1.27 bits per heavy atom. The molecule has 0 atom stereocenters. The number of carboxylic acid groups (broad SMARTS) is 1. The first-order chi connectivity index (χ1) is 14.3. The zero-order valence-corrected chi connectivity index (χ0v) is 17.2. The number of halogens is 1. The summed E-state index contributed by atoms with van der Waals surface area (Å²) in [6.07, 6.45) is 0.617. The lowest BCUT2D eigenvalue weighted by atomic mass is 10.1. The summed E-state index contributed by atoms with van der Waals surface area (Å²) in [6.45, 7) is 2.44. The van der Waals surface area contributed by atoms with Crippen molar-refractivity contribution in [1.82, 2.24) is 15.1 Å². The SMILES string of the molecule is Cc1ccc2c(c1)Nc1c(cnn1C)CN2C(=O)c1ccc(CNC(=O)O)cc1Cl. The molecule has 0 bridgehead atoms. The minimum atomic E-state index is -1.12. The Kier molecular flexibility index (Phi) is 5.09. The molecule has 8 nitrogen and oxygen atoms in total. The van der Waals surface area contributed by atoms with Crippen molar-refractivity contribution in [3.8, 4) is 0 Å². The summed E-state index contributed by atoms with van der Waals surface area (Å²) in [5.41, 5.74) is 4.51. The molecule has 154 valence electrons. The molecule has 0 saturated carbocycles. The van der Waals surface area contributed by atoms with E-state index in [2.05, 4.69) is 15.7 Å². The minimum Gasteiger partial charge on any atom is -0.465 e. The van der Waals surface area contributed by atoms with Crippen LogP contribution in [0.3, 0.4) is 0 Å². The van der Waals surface area contributed by atoms with Gasteiger partial charge in [0, 0.05) is 19.2 Å². The summed E-state index contributed by atoms with van der Waals surface area (Å²) < 4.78 is 1.74. The van der Waals surface area contributed by atoms with Crippen LogP contribution in [0.25, 0.3) is 0 Å². The highest BCUT2D eigenvalue weighted by molar-refractivity contribution is 6.34. The number of carbonyl (C=O) groups is 2. The van der Waals surface area contributed by atoms with Crippen molar-refractivity contribution in [2.45, 2.75) is 20.0 Å². The molecule has 2 heterocycles. The second kappa shape index (κ2) is 7.72. The first-order valence-corrected chi connectivity index (χ1v) is 9.67. The number of aromatic nitrogens is 2. The third-order valence-corrected chi connectivity index (χ3v) is 5.30. The number of benzene rings is 2. The van der Waals surface area contributed by atoms with E-state index in [9.17, 15) is 9.59 Å². The number of amides is 2. The monoisotopic (exact) mass is 425 g/mol. The molecule has 1 aliphatic heterocycles. The maximum atomic E-state index is 13.5. The Morgan fingerprint density at radius 2 is 2.07 bits per heavy atom. The first-order valence-electron chi connectivity index (χ1n) is 9.29. The maximum Gasteiger partial charge on any atom is 0.404 e. The summed E-state index contributed by atoms with van der Waals surface area (Å²) in [5, 5.41) is 19.0. The van der Waals surface area contributed by atoms with Crippen LogP contribution < -0.4 is 15.5 Å². The third-order valence-electron chi connectivity index (χ3n) is 4.99. The number of nitrogens with zero attached hydrogens (tertiary/aromatic N) is 3. The summed E-state index contributed by atoms with van der Waals surface area (Å²) >= 11 is 6.40. The van der Waals surface area contributed by atoms with E-state index in [0.29, 0.717) is 17.7 Å². The maximum absolute atomic E-state index is 13.5. The average molecular weight is 426 g/mol. The van der Waals surface area contributed by atoms with Gasteiger partial charge in [-0.15, -0.1) is 0 Å². The van der Waals surface area contributed by atoms with Gasteiger partial charge < -0.3 is 20.6 Å². The van der Waals surface area contributed by atoms with Crippen molar-refractivity contribution in [3.05, 3.63) is 69.9 Å². The fourth-order valence-electron chi connectivity index (χ4n) is 3.47. The van der Waals surface area contributed by atoms with Crippen molar-refractivity contribution < 1.29 is 14.7 Å². The number of aryl methyl sites for hydroxylation is 2. The van der Waals surface area contributed by atoms with E-state index in [0.717, 1.165) is 28.3 Å². The van der Waals surface area contributed by atoms with Crippen LogP contribution in [0.5, 0.6) is 0 Å². The van der Waals surface area contributed by atoms with Gasteiger partial charge in [-0.05, 0) is 42.3 Å². The predicted molar refractivity (Wildman–Crippen MR) is 114 cm³/mol. The van der Waals surface area contributed by atoms with E-state index < -0.39 is 6.09 Å². The number of hydrogen-bond donors (Lipinski definition) is 3.